The molecule has 0 saturated carbocycles. The Morgan fingerprint density at radius 3 is 2.46 bits per heavy atom. The van der Waals surface area contributed by atoms with Crippen molar-refractivity contribution in [3.05, 3.63) is 102 Å². The van der Waals surface area contributed by atoms with Gasteiger partial charge in [-0.15, -0.1) is 11.3 Å². The number of amides is 1. The smallest absolute Gasteiger partial charge is 0.270 e. The third-order valence-corrected chi connectivity index (χ3v) is 9.01. The number of fused-ring (bicyclic) bond motifs is 2. The molecule has 2 heterocycles. The summed E-state index contributed by atoms with van der Waals surface area (Å²) in [5.41, 5.74) is 2.24. The largest absolute Gasteiger partial charge is 0.302 e. The molecule has 1 aromatic heterocycles. The van der Waals surface area contributed by atoms with E-state index in [4.69, 9.17) is 11.6 Å². The molecular weight excluding hydrogens is 548 g/mol. The van der Waals surface area contributed by atoms with E-state index in [1.54, 1.807) is 6.07 Å². The van der Waals surface area contributed by atoms with Crippen molar-refractivity contribution in [1.29, 1.82) is 0 Å². The van der Waals surface area contributed by atoms with E-state index < -0.39 is 10.5 Å². The van der Waals surface area contributed by atoms with Crippen molar-refractivity contribution in [2.24, 2.45) is 0 Å². The second-order valence-corrected chi connectivity index (χ2v) is 12.0. The lowest BCUT2D eigenvalue weighted by Gasteiger charge is -2.51. The fourth-order valence-corrected chi connectivity index (χ4v) is 7.11. The van der Waals surface area contributed by atoms with Crippen LogP contribution in [0.4, 0.5) is 11.4 Å². The second kappa shape index (κ2) is 8.43. The summed E-state index contributed by atoms with van der Waals surface area (Å²) in [6.45, 7) is 6.37. The lowest BCUT2D eigenvalue weighted by atomic mass is 9.65. The summed E-state index contributed by atoms with van der Waals surface area (Å²) in [4.78, 5) is 27.1. The van der Waals surface area contributed by atoms with E-state index in [1.165, 1.54) is 29.0 Å². The Kier molecular flexibility index (Phi) is 5.78. The van der Waals surface area contributed by atoms with Crippen LogP contribution in [0.5, 0.6) is 0 Å². The third-order valence-electron chi connectivity index (χ3n) is 6.83. The minimum Gasteiger partial charge on any atom is -0.302 e. The Morgan fingerprint density at radius 2 is 1.77 bits per heavy atom. The highest BCUT2D eigenvalue weighted by Gasteiger charge is 2.48. The van der Waals surface area contributed by atoms with Crippen molar-refractivity contribution in [3.8, 4) is 0 Å². The van der Waals surface area contributed by atoms with Gasteiger partial charge in [0.25, 0.3) is 11.6 Å². The first-order chi connectivity index (χ1) is 16.5. The topological polar surface area (TPSA) is 63.5 Å². The van der Waals surface area contributed by atoms with E-state index in [0.717, 1.165) is 15.7 Å². The van der Waals surface area contributed by atoms with Gasteiger partial charge in [-0.1, -0.05) is 64.8 Å². The number of nitro benzene ring substituents is 1. The predicted octanol–water partition coefficient (Wildman–Crippen LogP) is 8.36. The van der Waals surface area contributed by atoms with Crippen molar-refractivity contribution < 1.29 is 9.72 Å². The molecule has 0 spiro atoms. The van der Waals surface area contributed by atoms with Gasteiger partial charge in [-0.2, -0.15) is 0 Å². The highest BCUT2D eigenvalue weighted by Crippen LogP contribution is 2.51. The molecule has 0 fully saturated rings. The highest BCUT2D eigenvalue weighted by atomic mass is 79.9. The quantitative estimate of drug-likeness (QED) is 0.184. The van der Waals surface area contributed by atoms with Crippen molar-refractivity contribution in [2.45, 2.75) is 38.1 Å². The molecule has 1 amide bonds. The molecule has 178 valence electrons. The number of anilines is 1. The van der Waals surface area contributed by atoms with Crippen molar-refractivity contribution in [2.75, 3.05) is 4.90 Å². The molecule has 8 heteroatoms. The fraction of sp³-hybridized carbons (Fsp3) is 0.222. The molecule has 0 saturated heterocycles. The van der Waals surface area contributed by atoms with Crippen molar-refractivity contribution >= 4 is 66.2 Å². The summed E-state index contributed by atoms with van der Waals surface area (Å²) in [7, 11) is 0. The minimum atomic E-state index is -0.529. The molecule has 1 atom stereocenters. The fourth-order valence-electron chi connectivity index (χ4n) is 5.37. The normalized spacial score (nSPS) is 18.9. The van der Waals surface area contributed by atoms with E-state index in [0.29, 0.717) is 26.4 Å². The average molecular weight is 570 g/mol. The minimum absolute atomic E-state index is 0.0247. The molecule has 4 aromatic rings. The van der Waals surface area contributed by atoms with Gasteiger partial charge in [0.2, 0.25) is 0 Å². The van der Waals surface area contributed by atoms with Crippen molar-refractivity contribution in [1.82, 2.24) is 0 Å². The van der Waals surface area contributed by atoms with Gasteiger partial charge in [-0.25, -0.2) is 0 Å². The molecule has 3 aromatic carbocycles. The molecule has 0 aliphatic carbocycles. The van der Waals surface area contributed by atoms with E-state index >= 15 is 0 Å². The average Bonchev–Trinajstić information content (AvgIpc) is 3.14. The van der Waals surface area contributed by atoms with Gasteiger partial charge in [0, 0.05) is 43.3 Å². The Labute approximate surface area is 220 Å². The Morgan fingerprint density at radius 1 is 1.09 bits per heavy atom. The number of thiophene rings is 1. The van der Waals surface area contributed by atoms with Gasteiger partial charge in [-0.3, -0.25) is 14.9 Å². The number of hydrogen-bond donors (Lipinski definition) is 0. The highest BCUT2D eigenvalue weighted by molar-refractivity contribution is 9.10. The van der Waals surface area contributed by atoms with Crippen molar-refractivity contribution in [3.63, 3.8) is 0 Å². The molecule has 0 bridgehead atoms. The van der Waals surface area contributed by atoms with Gasteiger partial charge in [-0.05, 0) is 55.7 Å². The number of nitro groups is 1. The van der Waals surface area contributed by atoms with Gasteiger partial charge in [0.1, 0.15) is 4.88 Å². The molecule has 5 nitrogen and oxygen atoms in total. The maximum atomic E-state index is 14.1. The van der Waals surface area contributed by atoms with Crippen LogP contribution in [-0.2, 0) is 5.41 Å². The van der Waals surface area contributed by atoms with Crippen LogP contribution in [0, 0.1) is 10.1 Å². The summed E-state index contributed by atoms with van der Waals surface area (Å²) in [5.74, 6) is -0.200. The number of halogens is 2. The first-order valence-electron chi connectivity index (χ1n) is 11.1. The Bertz CT molecular complexity index is 1500. The van der Waals surface area contributed by atoms with Crippen LogP contribution in [0.25, 0.3) is 10.1 Å². The lowest BCUT2D eigenvalue weighted by molar-refractivity contribution is -0.384. The standard InChI is InChI=1S/C27H22BrClN2O3S/c1-26(2)15-27(3,16-8-10-17(28)11-9-16)20-6-4-5-7-21(20)30(26)25(32)24-23(29)19-13-12-18(31(33)34)14-22(19)35-24/h4-14H,15H2,1-3H3/t27-/m0/s1. The molecule has 0 unspecified atom stereocenters. The van der Waals surface area contributed by atoms with E-state index in [-0.39, 0.29) is 17.0 Å². The Hall–Kier alpha value is -2.74. The van der Waals surface area contributed by atoms with Crippen LogP contribution >= 0.6 is 38.9 Å². The Balaban J connectivity index is 1.66. The first kappa shape index (κ1) is 24.0. The number of nitrogens with zero attached hydrogens (tertiary/aromatic N) is 2. The number of carbonyl (C=O) groups is 1. The molecule has 1 aliphatic heterocycles. The maximum Gasteiger partial charge on any atom is 0.270 e. The number of hydrogen-bond acceptors (Lipinski definition) is 4. The third kappa shape index (κ3) is 3.86. The monoisotopic (exact) mass is 568 g/mol. The molecule has 1 aliphatic rings. The SMILES string of the molecule is CC1(C)C[C@@](C)(c2ccc(Br)cc2)c2ccccc2N1C(=O)c1sc2cc([N+](=O)[O-])ccc2c1Cl. The summed E-state index contributed by atoms with van der Waals surface area (Å²) in [6.07, 6.45) is 0.707. The van der Waals surface area contributed by atoms with Gasteiger partial charge in [0.15, 0.2) is 0 Å². The predicted molar refractivity (Wildman–Crippen MR) is 146 cm³/mol. The number of benzene rings is 3. The zero-order valence-electron chi connectivity index (χ0n) is 19.3. The summed E-state index contributed by atoms with van der Waals surface area (Å²) < 4.78 is 1.64. The van der Waals surface area contributed by atoms with Crippen LogP contribution in [0.15, 0.2) is 71.2 Å². The van der Waals surface area contributed by atoms with Crippen LogP contribution in [0.2, 0.25) is 5.02 Å². The lowest BCUT2D eigenvalue weighted by Crippen LogP contribution is -2.55. The number of non-ortho nitro benzene ring substituents is 1. The molecule has 35 heavy (non-hydrogen) atoms. The van der Waals surface area contributed by atoms with E-state index in [9.17, 15) is 14.9 Å². The molecule has 0 N–H and O–H groups in total. The van der Waals surface area contributed by atoms with Crippen LogP contribution in [-0.4, -0.2) is 16.4 Å². The number of carbonyl (C=O) groups excluding carboxylic acids is 1. The number of para-hydroxylation sites is 1. The van der Waals surface area contributed by atoms with Gasteiger partial charge < -0.3 is 4.90 Å². The van der Waals surface area contributed by atoms with Gasteiger partial charge in [0.05, 0.1) is 9.95 Å². The molecular formula is C27H22BrClN2O3S. The zero-order chi connectivity index (χ0) is 25.1. The van der Waals surface area contributed by atoms with E-state index in [1.807, 2.05) is 35.2 Å². The number of rotatable bonds is 3. The summed E-state index contributed by atoms with van der Waals surface area (Å²) >= 11 is 11.4. The summed E-state index contributed by atoms with van der Waals surface area (Å²) in [5, 5.41) is 12.2. The molecule has 0 radical (unpaired) electrons. The summed E-state index contributed by atoms with van der Waals surface area (Å²) in [6, 6.07) is 20.9. The van der Waals surface area contributed by atoms with Crippen LogP contribution in [0.1, 0.15) is 48.0 Å². The molecule has 5 rings (SSSR count). The van der Waals surface area contributed by atoms with Crippen LogP contribution < -0.4 is 4.90 Å². The van der Waals surface area contributed by atoms with Gasteiger partial charge >= 0.3 is 0 Å². The zero-order valence-corrected chi connectivity index (χ0v) is 22.5. The van der Waals surface area contributed by atoms with E-state index in [2.05, 4.69) is 54.9 Å². The van der Waals surface area contributed by atoms with Crippen LogP contribution in [0.3, 0.4) is 0 Å². The second-order valence-electron chi connectivity index (χ2n) is 9.67. The maximum absolute atomic E-state index is 14.1. The first-order valence-corrected chi connectivity index (χ1v) is 13.1.